The molecule has 0 amide bonds. The Balaban J connectivity index is 1.67. The summed E-state index contributed by atoms with van der Waals surface area (Å²) in [6.07, 6.45) is 1.87. The Morgan fingerprint density at radius 1 is 1.08 bits per heavy atom. The summed E-state index contributed by atoms with van der Waals surface area (Å²) in [4.78, 5) is 4.46. The SMILES string of the molecule is COCc1nc2cc(-c3cccc(-c4ccn(CCO)n4)c3)ccc2o1. The Morgan fingerprint density at radius 3 is 2.77 bits per heavy atom. The van der Waals surface area contributed by atoms with Crippen LogP contribution in [0.1, 0.15) is 5.89 Å². The van der Waals surface area contributed by atoms with Crippen molar-refractivity contribution < 1.29 is 14.3 Å². The molecule has 0 aliphatic carbocycles. The van der Waals surface area contributed by atoms with Crippen LogP contribution >= 0.6 is 0 Å². The standard InChI is InChI=1S/C20H19N3O3/c1-25-13-20-21-18-12-15(5-6-19(18)26-20)14-3-2-4-16(11-14)17-7-8-23(22-17)9-10-24/h2-8,11-12,24H,9-10,13H2,1H3. The number of rotatable bonds is 6. The predicted molar refractivity (Wildman–Crippen MR) is 98.5 cm³/mol. The van der Waals surface area contributed by atoms with E-state index in [4.69, 9.17) is 14.3 Å². The van der Waals surface area contributed by atoms with E-state index >= 15 is 0 Å². The third-order valence-electron chi connectivity index (χ3n) is 4.16. The first-order valence-corrected chi connectivity index (χ1v) is 8.40. The van der Waals surface area contributed by atoms with Crippen molar-refractivity contribution >= 4 is 11.1 Å². The molecule has 0 saturated carbocycles. The van der Waals surface area contributed by atoms with E-state index in [2.05, 4.69) is 22.2 Å². The molecule has 132 valence electrons. The molecule has 0 spiro atoms. The van der Waals surface area contributed by atoms with E-state index in [1.165, 1.54) is 0 Å². The van der Waals surface area contributed by atoms with E-state index in [-0.39, 0.29) is 6.61 Å². The second kappa shape index (κ2) is 7.11. The predicted octanol–water partition coefficient (Wildman–Crippen LogP) is 3.50. The average molecular weight is 349 g/mol. The molecular formula is C20H19N3O3. The Labute approximate surface area is 150 Å². The average Bonchev–Trinajstić information content (AvgIpc) is 3.28. The smallest absolute Gasteiger partial charge is 0.221 e. The number of hydrogen-bond donors (Lipinski definition) is 1. The van der Waals surface area contributed by atoms with Crippen LogP contribution in [0.3, 0.4) is 0 Å². The van der Waals surface area contributed by atoms with E-state index in [1.807, 2.05) is 42.6 Å². The van der Waals surface area contributed by atoms with Crippen LogP contribution in [0.5, 0.6) is 0 Å². The molecule has 0 saturated heterocycles. The highest BCUT2D eigenvalue weighted by Crippen LogP contribution is 2.28. The first-order valence-electron chi connectivity index (χ1n) is 8.40. The molecule has 0 unspecified atom stereocenters. The summed E-state index contributed by atoms with van der Waals surface area (Å²) in [6, 6.07) is 16.1. The number of oxazole rings is 1. The van der Waals surface area contributed by atoms with E-state index in [9.17, 15) is 0 Å². The maximum absolute atomic E-state index is 9.03. The van der Waals surface area contributed by atoms with Crippen molar-refractivity contribution in [3.05, 3.63) is 60.6 Å². The van der Waals surface area contributed by atoms with Crippen LogP contribution in [0, 0.1) is 0 Å². The summed E-state index contributed by atoms with van der Waals surface area (Å²) >= 11 is 0. The van der Waals surface area contributed by atoms with Crippen molar-refractivity contribution in [3.63, 3.8) is 0 Å². The zero-order chi connectivity index (χ0) is 17.9. The number of benzene rings is 2. The quantitative estimate of drug-likeness (QED) is 0.577. The van der Waals surface area contributed by atoms with E-state index < -0.39 is 0 Å². The normalized spacial score (nSPS) is 11.3. The van der Waals surface area contributed by atoms with Gasteiger partial charge in [0.15, 0.2) is 5.58 Å². The number of nitrogens with zero attached hydrogens (tertiary/aromatic N) is 3. The number of aliphatic hydroxyl groups excluding tert-OH is 1. The van der Waals surface area contributed by atoms with Gasteiger partial charge in [0.05, 0.1) is 18.8 Å². The molecule has 26 heavy (non-hydrogen) atoms. The monoisotopic (exact) mass is 349 g/mol. The second-order valence-corrected chi connectivity index (χ2v) is 5.99. The minimum absolute atomic E-state index is 0.0733. The number of hydrogen-bond acceptors (Lipinski definition) is 5. The van der Waals surface area contributed by atoms with Gasteiger partial charge in [-0.25, -0.2) is 4.98 Å². The van der Waals surface area contributed by atoms with Crippen molar-refractivity contribution in [2.75, 3.05) is 13.7 Å². The highest BCUT2D eigenvalue weighted by molar-refractivity contribution is 5.81. The van der Waals surface area contributed by atoms with Gasteiger partial charge in [-0.05, 0) is 35.4 Å². The fourth-order valence-electron chi connectivity index (χ4n) is 2.94. The summed E-state index contributed by atoms with van der Waals surface area (Å²) in [5.74, 6) is 0.572. The third-order valence-corrected chi connectivity index (χ3v) is 4.16. The fourth-order valence-corrected chi connectivity index (χ4v) is 2.94. The van der Waals surface area contributed by atoms with Crippen LogP contribution < -0.4 is 0 Å². The molecule has 6 heteroatoms. The lowest BCUT2D eigenvalue weighted by atomic mass is 10.0. The molecule has 0 aliphatic heterocycles. The van der Waals surface area contributed by atoms with Gasteiger partial charge in [0.25, 0.3) is 0 Å². The Bertz CT molecular complexity index is 1040. The molecule has 4 aromatic rings. The van der Waals surface area contributed by atoms with Crippen LogP contribution in [-0.4, -0.2) is 33.6 Å². The molecular weight excluding hydrogens is 330 g/mol. The van der Waals surface area contributed by atoms with Crippen molar-refractivity contribution in [3.8, 4) is 22.4 Å². The Hall–Kier alpha value is -2.96. The van der Waals surface area contributed by atoms with Gasteiger partial charge in [0, 0.05) is 18.9 Å². The molecule has 2 aromatic heterocycles. The van der Waals surface area contributed by atoms with Gasteiger partial charge in [0.2, 0.25) is 5.89 Å². The van der Waals surface area contributed by atoms with E-state index in [1.54, 1.807) is 11.8 Å². The van der Waals surface area contributed by atoms with Gasteiger partial charge in [0.1, 0.15) is 12.1 Å². The summed E-state index contributed by atoms with van der Waals surface area (Å²) in [6.45, 7) is 0.923. The molecule has 0 radical (unpaired) electrons. The van der Waals surface area contributed by atoms with Crippen molar-refractivity contribution in [1.29, 1.82) is 0 Å². The Kier molecular flexibility index (Phi) is 4.51. The number of methoxy groups -OCH3 is 1. The first kappa shape index (κ1) is 16.5. The van der Waals surface area contributed by atoms with Gasteiger partial charge in [-0.1, -0.05) is 24.3 Å². The maximum Gasteiger partial charge on any atom is 0.221 e. The van der Waals surface area contributed by atoms with Gasteiger partial charge < -0.3 is 14.3 Å². The largest absolute Gasteiger partial charge is 0.438 e. The summed E-state index contributed by atoms with van der Waals surface area (Å²) < 4.78 is 12.5. The van der Waals surface area contributed by atoms with Gasteiger partial charge >= 0.3 is 0 Å². The van der Waals surface area contributed by atoms with Crippen molar-refractivity contribution in [1.82, 2.24) is 14.8 Å². The van der Waals surface area contributed by atoms with Crippen LogP contribution in [0.25, 0.3) is 33.5 Å². The molecule has 0 bridgehead atoms. The van der Waals surface area contributed by atoms with Gasteiger partial charge in [-0.2, -0.15) is 5.10 Å². The topological polar surface area (TPSA) is 73.3 Å². The van der Waals surface area contributed by atoms with E-state index in [0.29, 0.717) is 19.0 Å². The first-order chi connectivity index (χ1) is 12.8. The Morgan fingerprint density at radius 2 is 1.92 bits per heavy atom. The zero-order valence-electron chi connectivity index (χ0n) is 14.4. The van der Waals surface area contributed by atoms with Crippen LogP contribution in [0.4, 0.5) is 0 Å². The summed E-state index contributed by atoms with van der Waals surface area (Å²) in [5, 5.41) is 13.5. The molecule has 2 heterocycles. The maximum atomic E-state index is 9.03. The number of ether oxygens (including phenoxy) is 1. The molecule has 2 aromatic carbocycles. The highest BCUT2D eigenvalue weighted by Gasteiger charge is 2.09. The van der Waals surface area contributed by atoms with Crippen LogP contribution in [0.15, 0.2) is 59.1 Å². The molecule has 0 atom stereocenters. The van der Waals surface area contributed by atoms with Crippen LogP contribution in [0.2, 0.25) is 0 Å². The van der Waals surface area contributed by atoms with Crippen LogP contribution in [-0.2, 0) is 17.9 Å². The van der Waals surface area contributed by atoms with Gasteiger partial charge in [-0.15, -0.1) is 0 Å². The van der Waals surface area contributed by atoms with Crippen molar-refractivity contribution in [2.45, 2.75) is 13.2 Å². The summed E-state index contributed by atoms with van der Waals surface area (Å²) in [5.41, 5.74) is 5.61. The molecule has 4 rings (SSSR count). The van der Waals surface area contributed by atoms with E-state index in [0.717, 1.165) is 33.5 Å². The molecule has 6 nitrogen and oxygen atoms in total. The molecule has 1 N–H and O–H groups in total. The number of fused-ring (bicyclic) bond motifs is 1. The third kappa shape index (κ3) is 3.24. The van der Waals surface area contributed by atoms with Crippen molar-refractivity contribution in [2.24, 2.45) is 0 Å². The minimum Gasteiger partial charge on any atom is -0.438 e. The second-order valence-electron chi connectivity index (χ2n) is 5.99. The summed E-state index contributed by atoms with van der Waals surface area (Å²) in [7, 11) is 1.62. The highest BCUT2D eigenvalue weighted by atomic mass is 16.5. The number of aromatic nitrogens is 3. The van der Waals surface area contributed by atoms with Gasteiger partial charge in [-0.3, -0.25) is 4.68 Å². The molecule has 0 aliphatic rings. The fraction of sp³-hybridized carbons (Fsp3) is 0.200. The lowest BCUT2D eigenvalue weighted by molar-refractivity contribution is 0.161. The number of aliphatic hydroxyl groups is 1. The zero-order valence-corrected chi connectivity index (χ0v) is 14.4. The lowest BCUT2D eigenvalue weighted by Crippen LogP contribution is -2.02. The lowest BCUT2D eigenvalue weighted by Gasteiger charge is -2.04. The molecule has 0 fully saturated rings. The minimum atomic E-state index is 0.0733.